The van der Waals surface area contributed by atoms with Crippen LogP contribution in [0.25, 0.3) is 11.3 Å². The van der Waals surface area contributed by atoms with Crippen molar-refractivity contribution in [2.75, 3.05) is 11.4 Å². The van der Waals surface area contributed by atoms with Crippen molar-refractivity contribution in [3.8, 4) is 11.3 Å². The van der Waals surface area contributed by atoms with Crippen LogP contribution in [0.1, 0.15) is 36.7 Å². The number of benzene rings is 1. The van der Waals surface area contributed by atoms with E-state index in [0.717, 1.165) is 11.6 Å². The second-order valence-electron chi connectivity index (χ2n) is 6.90. The fourth-order valence-corrected chi connectivity index (χ4v) is 2.88. The maximum absolute atomic E-state index is 14.3. The van der Waals surface area contributed by atoms with E-state index in [-0.39, 0.29) is 11.3 Å². The van der Waals surface area contributed by atoms with Gasteiger partial charge >= 0.3 is 6.09 Å². The third-order valence-electron chi connectivity index (χ3n) is 3.89. The van der Waals surface area contributed by atoms with Crippen LogP contribution in [0.5, 0.6) is 0 Å². The number of aromatic nitrogens is 1. The highest BCUT2D eigenvalue weighted by Gasteiger charge is 2.31. The molecule has 0 radical (unpaired) electrons. The molecule has 0 bridgehead atoms. The Balaban J connectivity index is 1.99. The van der Waals surface area contributed by atoms with Gasteiger partial charge in [-0.05, 0) is 44.9 Å². The first-order chi connectivity index (χ1) is 11.8. The van der Waals surface area contributed by atoms with Gasteiger partial charge in [0.25, 0.3) is 0 Å². The molecule has 2 aromatic rings. The zero-order valence-electron chi connectivity index (χ0n) is 14.4. The van der Waals surface area contributed by atoms with Gasteiger partial charge in [-0.3, -0.25) is 14.7 Å². The van der Waals surface area contributed by atoms with Gasteiger partial charge in [0, 0.05) is 23.9 Å². The lowest BCUT2D eigenvalue weighted by molar-refractivity contribution is 0.0584. The van der Waals surface area contributed by atoms with Crippen molar-refractivity contribution in [1.29, 1.82) is 0 Å². The van der Waals surface area contributed by atoms with Crippen molar-refractivity contribution in [1.82, 2.24) is 4.98 Å². The number of rotatable bonds is 2. The van der Waals surface area contributed by atoms with Gasteiger partial charge in [-0.2, -0.15) is 0 Å². The van der Waals surface area contributed by atoms with Crippen molar-refractivity contribution in [2.45, 2.75) is 32.8 Å². The van der Waals surface area contributed by atoms with Gasteiger partial charge in [-0.15, -0.1) is 0 Å². The first-order valence-corrected chi connectivity index (χ1v) is 8.03. The highest BCUT2D eigenvalue weighted by Crippen LogP contribution is 2.37. The lowest BCUT2D eigenvalue weighted by Crippen LogP contribution is -2.35. The minimum Gasteiger partial charge on any atom is -0.443 e. The van der Waals surface area contributed by atoms with Crippen LogP contribution in [-0.2, 0) is 11.2 Å². The molecule has 0 spiro atoms. The van der Waals surface area contributed by atoms with E-state index in [1.54, 1.807) is 17.0 Å². The van der Waals surface area contributed by atoms with E-state index in [4.69, 9.17) is 4.74 Å². The Labute approximate surface area is 145 Å². The van der Waals surface area contributed by atoms with Crippen LogP contribution in [0.2, 0.25) is 0 Å². The molecule has 1 aromatic carbocycles. The Kier molecular flexibility index (Phi) is 4.29. The number of fused-ring (bicyclic) bond motifs is 1. The molecule has 0 aliphatic carbocycles. The number of carbonyl (C=O) groups excluding carboxylic acids is 2. The first-order valence-electron chi connectivity index (χ1n) is 8.03. The fraction of sp³-hybridized carbons (Fsp3) is 0.316. The van der Waals surface area contributed by atoms with Gasteiger partial charge in [-0.1, -0.05) is 12.1 Å². The molecule has 0 N–H and O–H groups in total. The summed E-state index contributed by atoms with van der Waals surface area (Å²) in [5.41, 5.74) is 1.94. The van der Waals surface area contributed by atoms with E-state index in [0.29, 0.717) is 30.5 Å². The number of halogens is 1. The van der Waals surface area contributed by atoms with Crippen LogP contribution >= 0.6 is 0 Å². The zero-order valence-corrected chi connectivity index (χ0v) is 14.4. The Morgan fingerprint density at radius 1 is 1.36 bits per heavy atom. The SMILES string of the molecule is CC(C)(C)OC(=O)N1CCc2c(-c3ncc(C=O)cc3F)cccc21. The van der Waals surface area contributed by atoms with Crippen molar-refractivity contribution in [2.24, 2.45) is 0 Å². The monoisotopic (exact) mass is 342 g/mol. The molecule has 3 rings (SSSR count). The van der Waals surface area contributed by atoms with E-state index < -0.39 is 17.5 Å². The van der Waals surface area contributed by atoms with E-state index in [2.05, 4.69) is 4.98 Å². The Bertz CT molecular complexity index is 843. The second-order valence-corrected chi connectivity index (χ2v) is 6.90. The summed E-state index contributed by atoms with van der Waals surface area (Å²) in [6, 6.07) is 6.50. The number of anilines is 1. The van der Waals surface area contributed by atoms with Crippen molar-refractivity contribution < 1.29 is 18.7 Å². The minimum absolute atomic E-state index is 0.175. The zero-order chi connectivity index (χ0) is 18.2. The molecule has 0 saturated carbocycles. The van der Waals surface area contributed by atoms with E-state index in [1.807, 2.05) is 26.8 Å². The molecule has 5 nitrogen and oxygen atoms in total. The summed E-state index contributed by atoms with van der Waals surface area (Å²) < 4.78 is 19.8. The Morgan fingerprint density at radius 2 is 2.12 bits per heavy atom. The number of ether oxygens (including phenoxy) is 1. The predicted molar refractivity (Wildman–Crippen MR) is 92.3 cm³/mol. The van der Waals surface area contributed by atoms with Crippen LogP contribution < -0.4 is 4.90 Å². The van der Waals surface area contributed by atoms with E-state index in [1.165, 1.54) is 6.20 Å². The van der Waals surface area contributed by atoms with Gasteiger partial charge in [0.05, 0.1) is 5.69 Å². The van der Waals surface area contributed by atoms with Crippen LogP contribution in [-0.4, -0.2) is 29.5 Å². The normalized spacial score (nSPS) is 13.5. The highest BCUT2D eigenvalue weighted by atomic mass is 19.1. The lowest BCUT2D eigenvalue weighted by Gasteiger charge is -2.24. The number of aldehydes is 1. The summed E-state index contributed by atoms with van der Waals surface area (Å²) in [7, 11) is 0. The largest absolute Gasteiger partial charge is 0.443 e. The highest BCUT2D eigenvalue weighted by molar-refractivity contribution is 5.92. The van der Waals surface area contributed by atoms with E-state index in [9.17, 15) is 14.0 Å². The molecule has 6 heteroatoms. The predicted octanol–water partition coefficient (Wildman–Crippen LogP) is 4.00. The average molecular weight is 342 g/mol. The standard InChI is InChI=1S/C19H19FN2O3/c1-19(2,3)25-18(24)22-8-7-13-14(5-4-6-16(13)22)17-15(20)9-12(11-23)10-21-17/h4-6,9-11H,7-8H2,1-3H3. The molecule has 1 aromatic heterocycles. The molecule has 0 fully saturated rings. The van der Waals surface area contributed by atoms with Crippen LogP contribution in [0.4, 0.5) is 14.9 Å². The third kappa shape index (κ3) is 3.38. The molecule has 1 aliphatic heterocycles. The minimum atomic E-state index is -0.588. The summed E-state index contributed by atoms with van der Waals surface area (Å²) >= 11 is 0. The number of pyridine rings is 1. The van der Waals surface area contributed by atoms with Crippen molar-refractivity contribution in [3.63, 3.8) is 0 Å². The molecular weight excluding hydrogens is 323 g/mol. The second kappa shape index (κ2) is 6.27. The van der Waals surface area contributed by atoms with Gasteiger partial charge < -0.3 is 4.74 Å². The lowest BCUT2D eigenvalue weighted by atomic mass is 10.0. The van der Waals surface area contributed by atoms with Gasteiger partial charge in [-0.25, -0.2) is 9.18 Å². The van der Waals surface area contributed by atoms with Crippen LogP contribution in [0, 0.1) is 5.82 Å². The number of hydrogen-bond donors (Lipinski definition) is 0. The number of nitrogens with zero attached hydrogens (tertiary/aromatic N) is 2. The van der Waals surface area contributed by atoms with Gasteiger partial charge in [0.15, 0.2) is 6.29 Å². The Hall–Kier alpha value is -2.76. The topological polar surface area (TPSA) is 59.5 Å². The molecule has 0 atom stereocenters. The van der Waals surface area contributed by atoms with Crippen molar-refractivity contribution in [3.05, 3.63) is 47.4 Å². The van der Waals surface area contributed by atoms with Crippen LogP contribution in [0.15, 0.2) is 30.5 Å². The maximum Gasteiger partial charge on any atom is 0.414 e. The van der Waals surface area contributed by atoms with Gasteiger partial charge in [0.2, 0.25) is 0 Å². The molecule has 130 valence electrons. The molecule has 1 aliphatic rings. The summed E-state index contributed by atoms with van der Waals surface area (Å²) in [5, 5.41) is 0. The summed E-state index contributed by atoms with van der Waals surface area (Å²) in [6.07, 6.45) is 2.06. The quantitative estimate of drug-likeness (QED) is 0.774. The molecular formula is C19H19FN2O3. The first kappa shape index (κ1) is 17.1. The van der Waals surface area contributed by atoms with Crippen molar-refractivity contribution >= 4 is 18.1 Å². The number of amides is 1. The maximum atomic E-state index is 14.3. The average Bonchev–Trinajstić information content (AvgIpc) is 2.97. The summed E-state index contributed by atoms with van der Waals surface area (Å²) in [5.74, 6) is -0.561. The molecule has 0 saturated heterocycles. The molecule has 1 amide bonds. The third-order valence-corrected chi connectivity index (χ3v) is 3.89. The number of carbonyl (C=O) groups is 2. The molecule has 2 heterocycles. The summed E-state index contributed by atoms with van der Waals surface area (Å²) in [6.45, 7) is 5.90. The smallest absolute Gasteiger partial charge is 0.414 e. The summed E-state index contributed by atoms with van der Waals surface area (Å²) in [4.78, 5) is 28.8. The van der Waals surface area contributed by atoms with E-state index >= 15 is 0 Å². The van der Waals surface area contributed by atoms with Crippen LogP contribution in [0.3, 0.4) is 0 Å². The van der Waals surface area contributed by atoms with Gasteiger partial charge in [0.1, 0.15) is 17.1 Å². The Morgan fingerprint density at radius 3 is 2.76 bits per heavy atom. The fourth-order valence-electron chi connectivity index (χ4n) is 2.88. The molecule has 25 heavy (non-hydrogen) atoms. The molecule has 0 unspecified atom stereocenters. The number of hydrogen-bond acceptors (Lipinski definition) is 4.